The Hall–Kier alpha value is -1.70. The Morgan fingerprint density at radius 3 is 2.31 bits per heavy atom. The first-order valence-electron chi connectivity index (χ1n) is 9.38. The van der Waals surface area contributed by atoms with Gasteiger partial charge in [0.2, 0.25) is 15.9 Å². The number of aryl methyl sites for hydroxylation is 1. The molecule has 5 nitrogen and oxygen atoms in total. The molecule has 1 amide bonds. The monoisotopic (exact) mass is 454 g/mol. The fourth-order valence-corrected chi connectivity index (χ4v) is 5.04. The molecule has 0 aliphatic carbocycles. The molecule has 0 aliphatic rings. The summed E-state index contributed by atoms with van der Waals surface area (Å²) >= 11 is 7.63. The predicted octanol–water partition coefficient (Wildman–Crippen LogP) is 4.24. The van der Waals surface area contributed by atoms with Crippen molar-refractivity contribution in [2.45, 2.75) is 32.1 Å². The summed E-state index contributed by atoms with van der Waals surface area (Å²) in [6, 6.07) is 14.0. The van der Waals surface area contributed by atoms with E-state index in [4.69, 9.17) is 11.6 Å². The number of halogens is 1. The zero-order valence-corrected chi connectivity index (χ0v) is 19.3. The van der Waals surface area contributed by atoms with Crippen molar-refractivity contribution in [1.82, 2.24) is 5.32 Å². The first-order chi connectivity index (χ1) is 13.7. The van der Waals surface area contributed by atoms with Crippen molar-refractivity contribution < 1.29 is 13.2 Å². The number of nitrogens with one attached hydrogen (secondary N) is 1. The van der Waals surface area contributed by atoms with Crippen molar-refractivity contribution in [1.29, 1.82) is 0 Å². The molecule has 1 N–H and O–H groups in total. The molecule has 0 saturated carbocycles. The third-order valence-corrected chi connectivity index (χ3v) is 6.81. The van der Waals surface area contributed by atoms with Gasteiger partial charge in [-0.3, -0.25) is 9.10 Å². The molecule has 0 aliphatic heterocycles. The van der Waals surface area contributed by atoms with Crippen LogP contribution in [0.1, 0.15) is 24.5 Å². The molecule has 1 atom stereocenters. The Morgan fingerprint density at radius 1 is 1.14 bits per heavy atom. The van der Waals surface area contributed by atoms with Crippen LogP contribution in [0.4, 0.5) is 5.69 Å². The van der Waals surface area contributed by atoms with E-state index in [9.17, 15) is 13.2 Å². The number of hydrogen-bond donors (Lipinski definition) is 1. The first kappa shape index (κ1) is 23.6. The quantitative estimate of drug-likeness (QED) is 0.545. The van der Waals surface area contributed by atoms with Crippen LogP contribution in [0.3, 0.4) is 0 Å². The lowest BCUT2D eigenvalue weighted by Gasteiger charge is -2.30. The standard InChI is InChI=1S/C21H27ClN2O3S2/c1-4-20(24(29(3,26)27)19-11-9-18(22)10-12-19)21(25)23-13-14-28-15-17-7-5-16(2)6-8-17/h5-12,20H,4,13-15H2,1-3H3,(H,23,25)/t20-/m0/s1. The van der Waals surface area contributed by atoms with Crippen molar-refractivity contribution in [3.63, 3.8) is 0 Å². The van der Waals surface area contributed by atoms with Crippen molar-refractivity contribution in [2.75, 3.05) is 22.9 Å². The lowest BCUT2D eigenvalue weighted by atomic mass is 10.2. The molecule has 0 saturated heterocycles. The maximum atomic E-state index is 12.7. The van der Waals surface area contributed by atoms with Gasteiger partial charge in [-0.25, -0.2) is 8.42 Å². The molecule has 0 unspecified atom stereocenters. The Morgan fingerprint density at radius 2 is 1.76 bits per heavy atom. The number of benzene rings is 2. The zero-order chi connectivity index (χ0) is 21.4. The van der Waals surface area contributed by atoms with Crippen LogP contribution >= 0.6 is 23.4 Å². The van der Waals surface area contributed by atoms with Crippen LogP contribution in [0, 0.1) is 6.92 Å². The van der Waals surface area contributed by atoms with Gasteiger partial charge in [-0.1, -0.05) is 48.4 Å². The van der Waals surface area contributed by atoms with E-state index in [0.29, 0.717) is 23.7 Å². The van der Waals surface area contributed by atoms with Crippen LogP contribution in [0.25, 0.3) is 0 Å². The van der Waals surface area contributed by atoms with Crippen molar-refractivity contribution >= 4 is 45.0 Å². The second kappa shape index (κ2) is 10.9. The molecule has 0 aromatic heterocycles. The number of rotatable bonds is 10. The third kappa shape index (κ3) is 7.24. The Kier molecular flexibility index (Phi) is 8.86. The number of anilines is 1. The van der Waals surface area contributed by atoms with E-state index in [0.717, 1.165) is 22.1 Å². The van der Waals surface area contributed by atoms with Crippen LogP contribution in [-0.4, -0.2) is 38.9 Å². The van der Waals surface area contributed by atoms with Gasteiger partial charge >= 0.3 is 0 Å². The molecule has 0 heterocycles. The summed E-state index contributed by atoms with van der Waals surface area (Å²) in [4.78, 5) is 12.7. The van der Waals surface area contributed by atoms with E-state index >= 15 is 0 Å². The van der Waals surface area contributed by atoms with Crippen LogP contribution in [0.15, 0.2) is 48.5 Å². The molecular weight excluding hydrogens is 428 g/mol. The van der Waals surface area contributed by atoms with E-state index in [1.165, 1.54) is 11.1 Å². The zero-order valence-electron chi connectivity index (χ0n) is 16.9. The van der Waals surface area contributed by atoms with Crippen LogP contribution in [-0.2, 0) is 20.6 Å². The number of amides is 1. The van der Waals surface area contributed by atoms with E-state index in [-0.39, 0.29) is 5.91 Å². The minimum Gasteiger partial charge on any atom is -0.353 e. The number of hydrogen-bond acceptors (Lipinski definition) is 4. The minimum atomic E-state index is -3.64. The van der Waals surface area contributed by atoms with Gasteiger partial charge in [0.1, 0.15) is 6.04 Å². The summed E-state index contributed by atoms with van der Waals surface area (Å²) in [5.41, 5.74) is 2.89. The van der Waals surface area contributed by atoms with Gasteiger partial charge in [-0.15, -0.1) is 0 Å². The van der Waals surface area contributed by atoms with E-state index < -0.39 is 16.1 Å². The topological polar surface area (TPSA) is 66.5 Å². The van der Waals surface area contributed by atoms with Crippen molar-refractivity contribution in [3.05, 3.63) is 64.7 Å². The Labute approximate surface area is 182 Å². The number of sulfonamides is 1. The van der Waals surface area contributed by atoms with E-state index in [1.54, 1.807) is 43.0 Å². The molecule has 0 spiro atoms. The number of carbonyl (C=O) groups excluding carboxylic acids is 1. The molecule has 29 heavy (non-hydrogen) atoms. The molecular formula is C21H27ClN2O3S2. The van der Waals surface area contributed by atoms with Crippen LogP contribution in [0.2, 0.25) is 5.02 Å². The molecule has 2 rings (SSSR count). The fraction of sp³-hybridized carbons (Fsp3) is 0.381. The normalized spacial score (nSPS) is 12.4. The summed E-state index contributed by atoms with van der Waals surface area (Å²) < 4.78 is 25.9. The molecule has 0 bridgehead atoms. The fourth-order valence-electron chi connectivity index (χ4n) is 2.89. The van der Waals surface area contributed by atoms with Crippen LogP contribution < -0.4 is 9.62 Å². The Bertz CT molecular complexity index is 901. The molecule has 2 aromatic rings. The number of nitrogens with zero attached hydrogens (tertiary/aromatic N) is 1. The van der Waals surface area contributed by atoms with Gasteiger partial charge in [0.25, 0.3) is 0 Å². The van der Waals surface area contributed by atoms with Gasteiger partial charge < -0.3 is 5.32 Å². The van der Waals surface area contributed by atoms with Crippen LogP contribution in [0.5, 0.6) is 0 Å². The highest BCUT2D eigenvalue weighted by Gasteiger charge is 2.31. The Balaban J connectivity index is 1.94. The molecule has 0 radical (unpaired) electrons. The summed E-state index contributed by atoms with van der Waals surface area (Å²) in [7, 11) is -3.64. The van der Waals surface area contributed by atoms with Gasteiger partial charge in [0, 0.05) is 23.1 Å². The molecule has 2 aromatic carbocycles. The summed E-state index contributed by atoms with van der Waals surface area (Å²) in [6.45, 7) is 4.33. The lowest BCUT2D eigenvalue weighted by Crippen LogP contribution is -2.49. The maximum absolute atomic E-state index is 12.7. The molecule has 0 fully saturated rings. The minimum absolute atomic E-state index is 0.302. The highest BCUT2D eigenvalue weighted by Crippen LogP contribution is 2.24. The molecule has 8 heteroatoms. The predicted molar refractivity (Wildman–Crippen MR) is 123 cm³/mol. The summed E-state index contributed by atoms with van der Waals surface area (Å²) in [6.07, 6.45) is 1.47. The largest absolute Gasteiger partial charge is 0.353 e. The number of thioether (sulfide) groups is 1. The smallest absolute Gasteiger partial charge is 0.243 e. The van der Waals surface area contributed by atoms with Gasteiger partial charge in [0.05, 0.1) is 11.9 Å². The third-order valence-electron chi connectivity index (χ3n) is 4.35. The van der Waals surface area contributed by atoms with E-state index in [2.05, 4.69) is 36.5 Å². The highest BCUT2D eigenvalue weighted by atomic mass is 35.5. The number of carbonyl (C=O) groups is 1. The maximum Gasteiger partial charge on any atom is 0.243 e. The average molecular weight is 455 g/mol. The second-order valence-corrected chi connectivity index (χ2v) is 10.2. The van der Waals surface area contributed by atoms with Gasteiger partial charge in [-0.2, -0.15) is 11.8 Å². The molecule has 158 valence electrons. The van der Waals surface area contributed by atoms with Crippen molar-refractivity contribution in [3.8, 4) is 0 Å². The lowest BCUT2D eigenvalue weighted by molar-refractivity contribution is -0.122. The van der Waals surface area contributed by atoms with Gasteiger partial charge in [-0.05, 0) is 43.2 Å². The van der Waals surface area contributed by atoms with E-state index in [1.807, 2.05) is 0 Å². The second-order valence-electron chi connectivity index (χ2n) is 6.79. The van der Waals surface area contributed by atoms with Gasteiger partial charge in [0.15, 0.2) is 0 Å². The van der Waals surface area contributed by atoms with Crippen molar-refractivity contribution in [2.24, 2.45) is 0 Å². The summed E-state index contributed by atoms with van der Waals surface area (Å²) in [5, 5.41) is 3.38. The SMILES string of the molecule is CC[C@@H](C(=O)NCCSCc1ccc(C)cc1)N(c1ccc(Cl)cc1)S(C)(=O)=O. The average Bonchev–Trinajstić information content (AvgIpc) is 2.67. The summed E-state index contributed by atoms with van der Waals surface area (Å²) in [5.74, 6) is 1.31. The highest BCUT2D eigenvalue weighted by molar-refractivity contribution is 7.98. The first-order valence-corrected chi connectivity index (χ1v) is 12.8.